The van der Waals surface area contributed by atoms with Crippen molar-refractivity contribution in [2.75, 3.05) is 18.6 Å². The predicted octanol–water partition coefficient (Wildman–Crippen LogP) is 3.09. The maximum absolute atomic E-state index is 12.8. The lowest BCUT2D eigenvalue weighted by molar-refractivity contribution is -0.213. The van der Waals surface area contributed by atoms with Gasteiger partial charge >= 0.3 is 12.1 Å². The van der Waals surface area contributed by atoms with E-state index in [4.69, 9.17) is 9.84 Å². The number of benzene rings is 1. The fourth-order valence-corrected chi connectivity index (χ4v) is 1.65. The van der Waals surface area contributed by atoms with Gasteiger partial charge in [-0.3, -0.25) is 4.79 Å². The van der Waals surface area contributed by atoms with Crippen molar-refractivity contribution in [1.82, 2.24) is 0 Å². The van der Waals surface area contributed by atoms with Crippen molar-refractivity contribution in [3.8, 4) is 5.75 Å². The summed E-state index contributed by atoms with van der Waals surface area (Å²) in [5.74, 6) is -1.52. The highest BCUT2D eigenvalue weighted by atomic mass is 19.4. The highest BCUT2D eigenvalue weighted by Gasteiger charge is 2.48. The van der Waals surface area contributed by atoms with Crippen molar-refractivity contribution in [2.24, 2.45) is 5.41 Å². The van der Waals surface area contributed by atoms with E-state index in [1.165, 1.54) is 31.3 Å². The summed E-state index contributed by atoms with van der Waals surface area (Å²) in [6.45, 7) is 1.44. The summed E-state index contributed by atoms with van der Waals surface area (Å²) in [5.41, 5.74) is -1.74. The van der Waals surface area contributed by atoms with Gasteiger partial charge in [0.1, 0.15) is 5.75 Å². The van der Waals surface area contributed by atoms with E-state index < -0.39 is 36.5 Å². The quantitative estimate of drug-likeness (QED) is 0.869. The Balaban J connectivity index is 2.75. The number of carbonyl (C=O) groups excluding carboxylic acids is 1. The zero-order chi connectivity index (χ0) is 17.8. The SMILES string of the molecule is CN(C(=O)CC(C)(C)C(F)(F)F)c1ccc(OCC(=O)O)cc1. The third-order valence-electron chi connectivity index (χ3n) is 3.32. The number of amides is 1. The van der Waals surface area contributed by atoms with Crippen LogP contribution in [-0.2, 0) is 9.59 Å². The van der Waals surface area contributed by atoms with Crippen LogP contribution in [0.2, 0.25) is 0 Å². The van der Waals surface area contributed by atoms with Gasteiger partial charge in [-0.1, -0.05) is 13.8 Å². The summed E-state index contributed by atoms with van der Waals surface area (Å²) in [6, 6.07) is 5.82. The number of carbonyl (C=O) groups is 2. The van der Waals surface area contributed by atoms with Crippen molar-refractivity contribution in [3.63, 3.8) is 0 Å². The number of alkyl halides is 3. The van der Waals surface area contributed by atoms with E-state index in [0.717, 1.165) is 18.7 Å². The Morgan fingerprint density at radius 3 is 2.13 bits per heavy atom. The van der Waals surface area contributed by atoms with Gasteiger partial charge in [0.15, 0.2) is 6.61 Å². The van der Waals surface area contributed by atoms with E-state index in [9.17, 15) is 22.8 Å². The standard InChI is InChI=1S/C15H18F3NO4/c1-14(2,15(16,17)18)8-12(20)19(3)10-4-6-11(7-5-10)23-9-13(21)22/h4-7H,8-9H2,1-3H3,(H,21,22). The number of halogens is 3. The molecule has 0 aliphatic carbocycles. The second kappa shape index (κ2) is 6.89. The van der Waals surface area contributed by atoms with Crippen molar-refractivity contribution in [2.45, 2.75) is 26.4 Å². The first kappa shape index (κ1) is 18.8. The van der Waals surface area contributed by atoms with Crippen LogP contribution in [0.25, 0.3) is 0 Å². The smallest absolute Gasteiger partial charge is 0.394 e. The monoisotopic (exact) mass is 333 g/mol. The average molecular weight is 333 g/mol. The van der Waals surface area contributed by atoms with Gasteiger partial charge in [0, 0.05) is 19.2 Å². The zero-order valence-electron chi connectivity index (χ0n) is 13.0. The molecule has 0 fully saturated rings. The number of aliphatic carboxylic acids is 1. The van der Waals surface area contributed by atoms with Crippen molar-refractivity contribution in [3.05, 3.63) is 24.3 Å². The van der Waals surface area contributed by atoms with Crippen molar-refractivity contribution >= 4 is 17.6 Å². The van der Waals surface area contributed by atoms with E-state index in [0.29, 0.717) is 5.69 Å². The van der Waals surface area contributed by atoms with Crippen molar-refractivity contribution < 1.29 is 32.6 Å². The Labute approximate surface area is 131 Å². The Morgan fingerprint density at radius 1 is 1.17 bits per heavy atom. The van der Waals surface area contributed by atoms with Gasteiger partial charge in [0.05, 0.1) is 5.41 Å². The summed E-state index contributed by atoms with van der Waals surface area (Å²) in [6.07, 6.45) is -5.15. The Morgan fingerprint density at radius 2 is 1.70 bits per heavy atom. The van der Waals surface area contributed by atoms with Gasteiger partial charge in [0.2, 0.25) is 5.91 Å². The molecule has 23 heavy (non-hydrogen) atoms. The Kier molecular flexibility index (Phi) is 5.63. The molecular formula is C15H18F3NO4. The molecule has 0 aliphatic rings. The number of anilines is 1. The third-order valence-corrected chi connectivity index (χ3v) is 3.32. The molecule has 0 bridgehead atoms. The van der Waals surface area contributed by atoms with E-state index in [2.05, 4.69) is 0 Å². The maximum atomic E-state index is 12.8. The number of nitrogens with zero attached hydrogens (tertiary/aromatic N) is 1. The normalized spacial score (nSPS) is 11.9. The lowest BCUT2D eigenvalue weighted by Crippen LogP contribution is -2.38. The third kappa shape index (κ3) is 5.15. The van der Waals surface area contributed by atoms with Gasteiger partial charge in [0.25, 0.3) is 0 Å². The van der Waals surface area contributed by atoms with Crippen LogP contribution in [0.15, 0.2) is 24.3 Å². The molecule has 0 heterocycles. The first-order valence-corrected chi connectivity index (χ1v) is 6.72. The molecule has 1 rings (SSSR count). The van der Waals surface area contributed by atoms with Gasteiger partial charge in [-0.15, -0.1) is 0 Å². The lowest BCUT2D eigenvalue weighted by Gasteiger charge is -2.29. The summed E-state index contributed by atoms with van der Waals surface area (Å²) >= 11 is 0. The summed E-state index contributed by atoms with van der Waals surface area (Å²) in [4.78, 5) is 23.5. The largest absolute Gasteiger partial charge is 0.482 e. The molecule has 5 nitrogen and oxygen atoms in total. The molecule has 0 spiro atoms. The van der Waals surface area contributed by atoms with E-state index in [-0.39, 0.29) is 5.75 Å². The number of hydrogen-bond acceptors (Lipinski definition) is 3. The number of rotatable bonds is 6. The first-order chi connectivity index (χ1) is 10.4. The van der Waals surface area contributed by atoms with Crippen LogP contribution >= 0.6 is 0 Å². The van der Waals surface area contributed by atoms with Crippen LogP contribution in [0.4, 0.5) is 18.9 Å². The number of hydrogen-bond donors (Lipinski definition) is 1. The van der Waals surface area contributed by atoms with Crippen LogP contribution < -0.4 is 9.64 Å². The fourth-order valence-electron chi connectivity index (χ4n) is 1.65. The van der Waals surface area contributed by atoms with Crippen LogP contribution in [0.5, 0.6) is 5.75 Å². The predicted molar refractivity (Wildman–Crippen MR) is 77.4 cm³/mol. The average Bonchev–Trinajstić information content (AvgIpc) is 2.43. The molecule has 0 aliphatic heterocycles. The number of ether oxygens (including phenoxy) is 1. The molecule has 0 atom stereocenters. The molecule has 0 saturated heterocycles. The number of carboxylic acid groups (broad SMARTS) is 1. The molecule has 0 unspecified atom stereocenters. The Bertz CT molecular complexity index is 567. The molecule has 0 radical (unpaired) electrons. The van der Waals surface area contributed by atoms with Crippen LogP contribution in [-0.4, -0.2) is 36.8 Å². The molecule has 8 heteroatoms. The van der Waals surface area contributed by atoms with Crippen LogP contribution in [0, 0.1) is 5.41 Å². The molecule has 1 amide bonds. The number of carboxylic acids is 1. The molecule has 128 valence electrons. The molecule has 1 N–H and O–H groups in total. The minimum Gasteiger partial charge on any atom is -0.482 e. The molecule has 0 saturated carbocycles. The summed E-state index contributed by atoms with van der Waals surface area (Å²) in [7, 11) is 1.38. The van der Waals surface area contributed by atoms with Gasteiger partial charge < -0.3 is 14.7 Å². The topological polar surface area (TPSA) is 66.8 Å². The van der Waals surface area contributed by atoms with Crippen LogP contribution in [0.1, 0.15) is 20.3 Å². The first-order valence-electron chi connectivity index (χ1n) is 6.72. The van der Waals surface area contributed by atoms with Crippen molar-refractivity contribution in [1.29, 1.82) is 0 Å². The highest BCUT2D eigenvalue weighted by Crippen LogP contribution is 2.40. The maximum Gasteiger partial charge on any atom is 0.394 e. The molecular weight excluding hydrogens is 315 g/mol. The molecule has 1 aromatic rings. The second-order valence-electron chi connectivity index (χ2n) is 5.69. The summed E-state index contributed by atoms with van der Waals surface area (Å²) < 4.78 is 43.4. The van der Waals surface area contributed by atoms with Gasteiger partial charge in [-0.25, -0.2) is 4.79 Å². The summed E-state index contributed by atoms with van der Waals surface area (Å²) in [5, 5.41) is 8.49. The lowest BCUT2D eigenvalue weighted by atomic mass is 9.88. The van der Waals surface area contributed by atoms with E-state index in [1.54, 1.807) is 0 Å². The second-order valence-corrected chi connectivity index (χ2v) is 5.69. The minimum atomic E-state index is -4.47. The van der Waals surface area contributed by atoms with E-state index in [1.807, 2.05) is 0 Å². The van der Waals surface area contributed by atoms with Gasteiger partial charge in [-0.2, -0.15) is 13.2 Å². The minimum absolute atomic E-state index is 0.285. The van der Waals surface area contributed by atoms with Gasteiger partial charge in [-0.05, 0) is 24.3 Å². The zero-order valence-corrected chi connectivity index (χ0v) is 13.0. The van der Waals surface area contributed by atoms with Crippen LogP contribution in [0.3, 0.4) is 0 Å². The Hall–Kier alpha value is -2.25. The molecule has 0 aromatic heterocycles. The fraction of sp³-hybridized carbons (Fsp3) is 0.467. The van der Waals surface area contributed by atoms with E-state index >= 15 is 0 Å². The highest BCUT2D eigenvalue weighted by molar-refractivity contribution is 5.93. The molecule has 1 aromatic carbocycles.